The average molecular weight is 433 g/mol. The van der Waals surface area contributed by atoms with Crippen molar-refractivity contribution in [1.82, 2.24) is 25.0 Å². The summed E-state index contributed by atoms with van der Waals surface area (Å²) in [5.41, 5.74) is 2.64. The van der Waals surface area contributed by atoms with Crippen LogP contribution in [0.3, 0.4) is 0 Å². The van der Waals surface area contributed by atoms with Crippen molar-refractivity contribution in [1.29, 1.82) is 0 Å². The third-order valence-electron chi connectivity index (χ3n) is 3.93. The second-order valence-electron chi connectivity index (χ2n) is 5.97. The number of nitrogen functional groups attached to an aromatic ring is 1. The molecule has 0 fully saturated rings. The van der Waals surface area contributed by atoms with Gasteiger partial charge in [-0.3, -0.25) is 0 Å². The monoisotopic (exact) mass is 432 g/mol. The highest BCUT2D eigenvalue weighted by atomic mass is 35.5. The van der Waals surface area contributed by atoms with E-state index in [9.17, 15) is 0 Å². The molecule has 0 radical (unpaired) electrons. The first kappa shape index (κ1) is 18.8. The summed E-state index contributed by atoms with van der Waals surface area (Å²) in [6.07, 6.45) is 0. The molecule has 0 saturated carbocycles. The van der Waals surface area contributed by atoms with E-state index in [4.69, 9.17) is 33.6 Å². The predicted octanol–water partition coefficient (Wildman–Crippen LogP) is 4.62. The first-order valence-corrected chi connectivity index (χ1v) is 9.94. The van der Waals surface area contributed by atoms with Crippen molar-refractivity contribution in [2.45, 2.75) is 17.8 Å². The Balaban J connectivity index is 1.50. The van der Waals surface area contributed by atoms with E-state index < -0.39 is 0 Å². The van der Waals surface area contributed by atoms with Crippen LogP contribution < -0.4 is 5.84 Å². The Bertz CT molecular complexity index is 1130. The van der Waals surface area contributed by atoms with Gasteiger partial charge in [-0.25, -0.2) is 4.68 Å². The Hall–Kier alpha value is -2.55. The van der Waals surface area contributed by atoms with Gasteiger partial charge in [0.05, 0.1) is 10.8 Å². The van der Waals surface area contributed by atoms with Gasteiger partial charge in [0.2, 0.25) is 5.16 Å². The lowest BCUT2D eigenvalue weighted by Gasteiger charge is -2.05. The summed E-state index contributed by atoms with van der Waals surface area (Å²) in [5, 5.41) is 13.8. The van der Waals surface area contributed by atoms with Crippen molar-refractivity contribution in [3.63, 3.8) is 0 Å². The number of rotatable bonds is 5. The first-order chi connectivity index (χ1) is 13.5. The van der Waals surface area contributed by atoms with Gasteiger partial charge in [0.15, 0.2) is 11.6 Å². The Morgan fingerprint density at radius 1 is 1.11 bits per heavy atom. The molecule has 7 nitrogen and oxygen atoms in total. The fourth-order valence-electron chi connectivity index (χ4n) is 2.48. The largest absolute Gasteiger partial charge is 0.335 e. The van der Waals surface area contributed by atoms with Crippen LogP contribution in [0.4, 0.5) is 0 Å². The first-order valence-electron chi connectivity index (χ1n) is 8.19. The molecular weight excluding hydrogens is 419 g/mol. The van der Waals surface area contributed by atoms with Gasteiger partial charge in [-0.05, 0) is 37.3 Å². The summed E-state index contributed by atoms with van der Waals surface area (Å²) in [4.78, 5) is 4.41. The molecule has 2 N–H and O–H groups in total. The maximum atomic E-state index is 6.22. The van der Waals surface area contributed by atoms with E-state index in [1.165, 1.54) is 16.4 Å². The van der Waals surface area contributed by atoms with E-state index in [2.05, 4.69) is 20.3 Å². The number of nitrogens with two attached hydrogens (primary N) is 1. The molecule has 142 valence electrons. The van der Waals surface area contributed by atoms with Gasteiger partial charge in [-0.1, -0.05) is 57.8 Å². The summed E-state index contributed by atoms with van der Waals surface area (Å²) in [6.45, 7) is 2.02. The van der Waals surface area contributed by atoms with Crippen LogP contribution in [-0.2, 0) is 5.75 Å². The third kappa shape index (κ3) is 3.84. The van der Waals surface area contributed by atoms with Gasteiger partial charge >= 0.3 is 0 Å². The summed E-state index contributed by atoms with van der Waals surface area (Å²) in [6, 6.07) is 12.9. The van der Waals surface area contributed by atoms with Gasteiger partial charge < -0.3 is 10.4 Å². The van der Waals surface area contributed by atoms with Crippen molar-refractivity contribution in [2.75, 3.05) is 5.84 Å². The molecular formula is C18H14Cl2N6OS. The topological polar surface area (TPSA) is 95.7 Å². The molecule has 0 atom stereocenters. The molecule has 10 heteroatoms. The zero-order chi connectivity index (χ0) is 19.7. The van der Waals surface area contributed by atoms with Crippen LogP contribution >= 0.6 is 35.0 Å². The second-order valence-corrected chi connectivity index (χ2v) is 7.76. The molecule has 4 rings (SSSR count). The lowest BCUT2D eigenvalue weighted by Crippen LogP contribution is -2.11. The lowest BCUT2D eigenvalue weighted by molar-refractivity contribution is 0.425. The quantitative estimate of drug-likeness (QED) is 0.363. The van der Waals surface area contributed by atoms with Gasteiger partial charge in [-0.2, -0.15) is 4.98 Å². The SMILES string of the molecule is Cc1ccc(-c2nc(CSc3nnc(-c4cc(Cl)ccc4Cl)n3N)no2)cc1. The number of nitrogens with zero attached hydrogens (tertiary/aromatic N) is 5. The molecule has 0 spiro atoms. The Morgan fingerprint density at radius 3 is 2.68 bits per heavy atom. The molecule has 0 saturated heterocycles. The number of benzene rings is 2. The van der Waals surface area contributed by atoms with E-state index in [1.807, 2.05) is 31.2 Å². The molecule has 28 heavy (non-hydrogen) atoms. The molecule has 0 aliphatic heterocycles. The Kier molecular flexibility index (Phi) is 5.25. The standard InChI is InChI=1S/C18H14Cl2N6OS/c1-10-2-4-11(5-3-10)17-22-15(25-27-17)9-28-18-24-23-16(26(18)21)13-8-12(19)6-7-14(13)20/h2-8H,9,21H2,1H3. The van der Waals surface area contributed by atoms with E-state index >= 15 is 0 Å². The van der Waals surface area contributed by atoms with E-state index in [1.54, 1.807) is 18.2 Å². The van der Waals surface area contributed by atoms with Crippen LogP contribution in [0.1, 0.15) is 11.4 Å². The van der Waals surface area contributed by atoms with Gasteiger partial charge in [0, 0.05) is 16.1 Å². The molecule has 0 aliphatic carbocycles. The lowest BCUT2D eigenvalue weighted by atomic mass is 10.1. The molecule has 0 unspecified atom stereocenters. The van der Waals surface area contributed by atoms with Gasteiger partial charge in [-0.15, -0.1) is 10.2 Å². The fraction of sp³-hybridized carbons (Fsp3) is 0.111. The number of aryl methyl sites for hydroxylation is 1. The summed E-state index contributed by atoms with van der Waals surface area (Å²) in [7, 11) is 0. The normalized spacial score (nSPS) is 11.1. The van der Waals surface area contributed by atoms with Crippen molar-refractivity contribution in [3.8, 4) is 22.8 Å². The van der Waals surface area contributed by atoms with Gasteiger partial charge in [0.25, 0.3) is 5.89 Å². The van der Waals surface area contributed by atoms with Crippen LogP contribution in [0.25, 0.3) is 22.8 Å². The smallest absolute Gasteiger partial charge is 0.257 e. The second kappa shape index (κ2) is 7.83. The highest BCUT2D eigenvalue weighted by Gasteiger charge is 2.17. The molecule has 2 heterocycles. The Morgan fingerprint density at radius 2 is 1.89 bits per heavy atom. The number of halogens is 2. The minimum Gasteiger partial charge on any atom is -0.335 e. The van der Waals surface area contributed by atoms with Crippen molar-refractivity contribution < 1.29 is 4.52 Å². The van der Waals surface area contributed by atoms with Crippen molar-refractivity contribution >= 4 is 35.0 Å². The zero-order valence-corrected chi connectivity index (χ0v) is 17.0. The summed E-state index contributed by atoms with van der Waals surface area (Å²) < 4.78 is 6.70. The zero-order valence-electron chi connectivity index (χ0n) is 14.6. The maximum absolute atomic E-state index is 6.22. The number of hydrogen-bond acceptors (Lipinski definition) is 7. The molecule has 0 amide bonds. The predicted molar refractivity (Wildman–Crippen MR) is 110 cm³/mol. The summed E-state index contributed by atoms with van der Waals surface area (Å²) in [5.74, 6) is 7.98. The van der Waals surface area contributed by atoms with Crippen molar-refractivity contribution in [3.05, 3.63) is 63.9 Å². The highest BCUT2D eigenvalue weighted by molar-refractivity contribution is 7.98. The molecule has 2 aromatic carbocycles. The van der Waals surface area contributed by atoms with Crippen molar-refractivity contribution in [2.24, 2.45) is 0 Å². The third-order valence-corrected chi connectivity index (χ3v) is 5.43. The fourth-order valence-corrected chi connectivity index (χ4v) is 3.56. The molecule has 0 bridgehead atoms. The summed E-state index contributed by atoms with van der Waals surface area (Å²) >= 11 is 13.6. The number of aromatic nitrogens is 5. The highest BCUT2D eigenvalue weighted by Crippen LogP contribution is 2.31. The van der Waals surface area contributed by atoms with Gasteiger partial charge in [0.1, 0.15) is 0 Å². The minimum absolute atomic E-state index is 0.420. The molecule has 4 aromatic rings. The van der Waals surface area contributed by atoms with E-state index in [0.29, 0.717) is 44.1 Å². The molecule has 2 aromatic heterocycles. The molecule has 0 aliphatic rings. The average Bonchev–Trinajstić information content (AvgIpc) is 3.30. The minimum atomic E-state index is 0.420. The number of hydrogen-bond donors (Lipinski definition) is 1. The Labute approximate surface area is 174 Å². The van der Waals surface area contributed by atoms with Crippen LogP contribution in [0, 0.1) is 6.92 Å². The van der Waals surface area contributed by atoms with E-state index in [0.717, 1.165) is 11.1 Å². The van der Waals surface area contributed by atoms with Crippen LogP contribution in [0.15, 0.2) is 52.1 Å². The van der Waals surface area contributed by atoms with Crippen LogP contribution in [0.5, 0.6) is 0 Å². The van der Waals surface area contributed by atoms with E-state index in [-0.39, 0.29) is 0 Å². The number of thioether (sulfide) groups is 1. The maximum Gasteiger partial charge on any atom is 0.257 e. The van der Waals surface area contributed by atoms with Crippen LogP contribution in [0.2, 0.25) is 10.0 Å². The van der Waals surface area contributed by atoms with Crippen LogP contribution in [-0.4, -0.2) is 25.0 Å².